The molecule has 2 atom stereocenters. The van der Waals surface area contributed by atoms with Gasteiger partial charge in [0.25, 0.3) is 5.91 Å². The van der Waals surface area contributed by atoms with Crippen molar-refractivity contribution in [1.82, 2.24) is 5.16 Å². The van der Waals surface area contributed by atoms with Gasteiger partial charge in [0, 0.05) is 23.7 Å². The highest BCUT2D eigenvalue weighted by atomic mass is 32.2. The lowest BCUT2D eigenvalue weighted by molar-refractivity contribution is 0.101. The molecule has 2 unspecified atom stereocenters. The van der Waals surface area contributed by atoms with Gasteiger partial charge in [-0.2, -0.15) is 0 Å². The molecule has 0 aliphatic heterocycles. The molecule has 27 heavy (non-hydrogen) atoms. The lowest BCUT2D eigenvalue weighted by atomic mass is 10.1. The largest absolute Gasteiger partial charge is 0.360 e. The van der Waals surface area contributed by atoms with Crippen LogP contribution in [0, 0.1) is 5.92 Å². The van der Waals surface area contributed by atoms with Gasteiger partial charge in [-0.15, -0.1) is 0 Å². The lowest BCUT2D eigenvalue weighted by Crippen LogP contribution is -2.18. The summed E-state index contributed by atoms with van der Waals surface area (Å²) in [6.07, 6.45) is 4.64. The van der Waals surface area contributed by atoms with Gasteiger partial charge in [0.1, 0.15) is 5.76 Å². The zero-order valence-corrected chi connectivity index (χ0v) is 15.7. The third-order valence-corrected chi connectivity index (χ3v) is 7.15. The maximum Gasteiger partial charge on any atom is 0.277 e. The van der Waals surface area contributed by atoms with Crippen LogP contribution in [0.15, 0.2) is 39.8 Å². The maximum atomic E-state index is 12.6. The smallest absolute Gasteiger partial charge is 0.277 e. The van der Waals surface area contributed by atoms with E-state index in [2.05, 4.69) is 10.5 Å². The summed E-state index contributed by atoms with van der Waals surface area (Å²) in [4.78, 5) is 12.5. The number of nitrogens with zero attached hydrogens (tertiary/aromatic N) is 1. The molecule has 1 amide bonds. The van der Waals surface area contributed by atoms with Crippen molar-refractivity contribution in [2.45, 2.75) is 49.0 Å². The van der Waals surface area contributed by atoms with Gasteiger partial charge in [-0.1, -0.05) is 5.16 Å². The molecule has 2 fully saturated rings. The first-order chi connectivity index (χ1) is 12.9. The van der Waals surface area contributed by atoms with Crippen LogP contribution in [0.2, 0.25) is 0 Å². The number of carbonyl (C=O) groups excluding carboxylic acids is 1. The molecule has 4 rings (SSSR count). The highest BCUT2D eigenvalue weighted by molar-refractivity contribution is 7.91. The second kappa shape index (κ2) is 7.09. The molecule has 7 nitrogen and oxygen atoms in total. The van der Waals surface area contributed by atoms with Crippen molar-refractivity contribution in [3.05, 3.63) is 41.8 Å². The van der Waals surface area contributed by atoms with Crippen LogP contribution in [0.25, 0.3) is 0 Å². The quantitative estimate of drug-likeness (QED) is 0.785. The van der Waals surface area contributed by atoms with E-state index in [1.165, 1.54) is 12.1 Å². The van der Waals surface area contributed by atoms with E-state index in [1.54, 1.807) is 18.2 Å². The molecule has 144 valence electrons. The molecule has 2 saturated carbocycles. The van der Waals surface area contributed by atoms with Gasteiger partial charge in [0.15, 0.2) is 15.5 Å². The Balaban J connectivity index is 1.39. The molecule has 0 spiro atoms. The van der Waals surface area contributed by atoms with E-state index in [-0.39, 0.29) is 34.2 Å². The summed E-state index contributed by atoms with van der Waals surface area (Å²) in [6, 6.07) is 8.01. The number of nitrogens with two attached hydrogens (primary N) is 1. The number of hydrogen-bond acceptors (Lipinski definition) is 6. The molecule has 2 aliphatic rings. The highest BCUT2D eigenvalue weighted by Gasteiger charge is 2.29. The highest BCUT2D eigenvalue weighted by Crippen LogP contribution is 2.40. The Kier molecular flexibility index (Phi) is 4.77. The summed E-state index contributed by atoms with van der Waals surface area (Å²) in [5.41, 5.74) is 6.61. The number of amides is 1. The topological polar surface area (TPSA) is 115 Å². The number of nitrogens with one attached hydrogen (secondary N) is 1. The van der Waals surface area contributed by atoms with E-state index >= 15 is 0 Å². The number of rotatable bonds is 6. The summed E-state index contributed by atoms with van der Waals surface area (Å²) in [7, 11) is -3.36. The van der Waals surface area contributed by atoms with Crippen LogP contribution in [-0.2, 0) is 9.84 Å². The Morgan fingerprint density at radius 3 is 2.56 bits per heavy atom. The molecule has 0 radical (unpaired) electrons. The fraction of sp³-hybridized carbons (Fsp3) is 0.474. The predicted octanol–water partition coefficient (Wildman–Crippen LogP) is 2.71. The summed E-state index contributed by atoms with van der Waals surface area (Å²) in [5.74, 6) is 1.000. The van der Waals surface area contributed by atoms with Crippen LogP contribution >= 0.6 is 0 Å². The molecule has 1 heterocycles. The van der Waals surface area contributed by atoms with Crippen molar-refractivity contribution in [3.63, 3.8) is 0 Å². The second-order valence-electron chi connectivity index (χ2n) is 7.59. The van der Waals surface area contributed by atoms with Crippen LogP contribution in [0.5, 0.6) is 0 Å². The molecule has 2 aliphatic carbocycles. The van der Waals surface area contributed by atoms with E-state index in [0.717, 1.165) is 37.9 Å². The number of carbonyl (C=O) groups is 1. The van der Waals surface area contributed by atoms with Crippen molar-refractivity contribution in [2.75, 3.05) is 11.1 Å². The van der Waals surface area contributed by atoms with Crippen LogP contribution in [0.4, 0.5) is 5.69 Å². The van der Waals surface area contributed by atoms with E-state index in [0.29, 0.717) is 11.6 Å². The van der Waals surface area contributed by atoms with Crippen LogP contribution in [0.3, 0.4) is 0 Å². The average molecular weight is 389 g/mol. The first-order valence-electron chi connectivity index (χ1n) is 9.27. The van der Waals surface area contributed by atoms with Gasteiger partial charge in [-0.25, -0.2) is 8.42 Å². The average Bonchev–Trinajstić information content (AvgIpc) is 3.22. The summed E-state index contributed by atoms with van der Waals surface area (Å²) in [6.45, 7) is 0. The minimum Gasteiger partial charge on any atom is -0.360 e. The lowest BCUT2D eigenvalue weighted by Gasteiger charge is -2.11. The summed E-state index contributed by atoms with van der Waals surface area (Å²) in [5, 5.41) is 6.52. The molecule has 2 aromatic rings. The molecule has 0 bridgehead atoms. The predicted molar refractivity (Wildman–Crippen MR) is 100 cm³/mol. The number of anilines is 1. The Morgan fingerprint density at radius 1 is 1.19 bits per heavy atom. The van der Waals surface area contributed by atoms with Gasteiger partial charge in [0.05, 0.1) is 10.6 Å². The van der Waals surface area contributed by atoms with Gasteiger partial charge in [0.2, 0.25) is 0 Å². The Labute approximate surface area is 158 Å². The Hall–Kier alpha value is -2.19. The number of aromatic nitrogens is 1. The van der Waals surface area contributed by atoms with Crippen molar-refractivity contribution in [2.24, 2.45) is 11.7 Å². The number of hydrogen-bond donors (Lipinski definition) is 2. The molecule has 1 aromatic carbocycles. The third kappa shape index (κ3) is 4.22. The van der Waals surface area contributed by atoms with Crippen molar-refractivity contribution in [1.29, 1.82) is 0 Å². The van der Waals surface area contributed by atoms with E-state index in [1.807, 2.05) is 0 Å². The second-order valence-corrected chi connectivity index (χ2v) is 9.62. The van der Waals surface area contributed by atoms with Crippen molar-refractivity contribution < 1.29 is 17.7 Å². The number of benzene rings is 1. The van der Waals surface area contributed by atoms with E-state index < -0.39 is 9.84 Å². The van der Waals surface area contributed by atoms with Crippen LogP contribution in [-0.4, -0.2) is 31.3 Å². The van der Waals surface area contributed by atoms with E-state index in [9.17, 15) is 13.2 Å². The minimum atomic E-state index is -3.36. The Bertz CT molecular complexity index is 932. The fourth-order valence-corrected chi connectivity index (χ4v) is 5.24. The van der Waals surface area contributed by atoms with Gasteiger partial charge >= 0.3 is 0 Å². The molecular weight excluding hydrogens is 366 g/mol. The standard InChI is InChI=1S/C19H23N3O4S/c20-14-4-1-12(9-14)11-27(24,25)16-7-5-15(6-8-16)21-19(23)17-10-18(26-22-17)13-2-3-13/h5-8,10,12-14H,1-4,9,11,20H2,(H,21,23). The molecule has 3 N–H and O–H groups in total. The van der Waals surface area contributed by atoms with Crippen LogP contribution in [0.1, 0.15) is 54.3 Å². The summed E-state index contributed by atoms with van der Waals surface area (Å²) < 4.78 is 30.3. The zero-order chi connectivity index (χ0) is 19.0. The number of sulfone groups is 1. The first-order valence-corrected chi connectivity index (χ1v) is 10.9. The van der Waals surface area contributed by atoms with Gasteiger partial charge < -0.3 is 15.6 Å². The van der Waals surface area contributed by atoms with Gasteiger partial charge in [-0.3, -0.25) is 4.79 Å². The fourth-order valence-electron chi connectivity index (χ4n) is 3.57. The minimum absolute atomic E-state index is 0.111. The van der Waals surface area contributed by atoms with E-state index in [4.69, 9.17) is 10.3 Å². The maximum absolute atomic E-state index is 12.6. The zero-order valence-electron chi connectivity index (χ0n) is 14.9. The first kappa shape index (κ1) is 18.2. The van der Waals surface area contributed by atoms with Gasteiger partial charge in [-0.05, 0) is 62.3 Å². The van der Waals surface area contributed by atoms with Crippen molar-refractivity contribution >= 4 is 21.4 Å². The van der Waals surface area contributed by atoms with Crippen LogP contribution < -0.4 is 11.1 Å². The molecule has 1 aromatic heterocycles. The SMILES string of the molecule is NC1CCC(CS(=O)(=O)c2ccc(NC(=O)c3cc(C4CC4)on3)cc2)C1. The Morgan fingerprint density at radius 2 is 1.93 bits per heavy atom. The molecular formula is C19H23N3O4S. The molecule has 8 heteroatoms. The van der Waals surface area contributed by atoms with Crippen molar-refractivity contribution in [3.8, 4) is 0 Å². The monoisotopic (exact) mass is 389 g/mol. The summed E-state index contributed by atoms with van der Waals surface area (Å²) >= 11 is 0. The normalized spacial score (nSPS) is 22.7. The molecule has 0 saturated heterocycles. The third-order valence-electron chi connectivity index (χ3n) is 5.25.